The Morgan fingerprint density at radius 1 is 0.741 bits per heavy atom. The molecule has 11 heteroatoms. The number of fused-ring (bicyclic) bond motifs is 5. The molecule has 0 aromatic heterocycles. The maximum absolute atomic E-state index is 15.5. The van der Waals surface area contributed by atoms with Gasteiger partial charge in [-0.1, -0.05) is 44.2 Å². The maximum atomic E-state index is 15.5. The van der Waals surface area contributed by atoms with E-state index in [0.29, 0.717) is 17.9 Å². The van der Waals surface area contributed by atoms with Gasteiger partial charge >= 0.3 is 5.97 Å². The van der Waals surface area contributed by atoms with Gasteiger partial charge in [0.1, 0.15) is 30.2 Å². The SMILES string of the molecule is CC[C@H]1CCC[C@H](O[C@H]2CC[C@H](N(C)C)C(C)O2)[C@@H](C)C(=O)C2C(c3ccccc3)[C@@H]3C(CCC4C[C@@H](O[C@@H]5OC(C)[C@H](OC)C(OC)[C@@H]5OC)C[C@H]43)[C@@H]2CC(=O)O1. The first-order valence-electron chi connectivity index (χ1n) is 22.6. The lowest BCUT2D eigenvalue weighted by Crippen LogP contribution is -2.59. The van der Waals surface area contributed by atoms with E-state index >= 15 is 4.79 Å². The van der Waals surface area contributed by atoms with E-state index in [0.717, 1.165) is 64.2 Å². The Morgan fingerprint density at radius 3 is 2.16 bits per heavy atom. The van der Waals surface area contributed by atoms with Gasteiger partial charge in [-0.3, -0.25) is 9.59 Å². The summed E-state index contributed by atoms with van der Waals surface area (Å²) >= 11 is 0. The smallest absolute Gasteiger partial charge is 0.306 e. The molecular formula is C47H73NO10. The van der Waals surface area contributed by atoms with Gasteiger partial charge in [-0.15, -0.1) is 0 Å². The summed E-state index contributed by atoms with van der Waals surface area (Å²) < 4.78 is 50.6. The number of esters is 1. The van der Waals surface area contributed by atoms with E-state index in [-0.39, 0.29) is 103 Å². The van der Waals surface area contributed by atoms with Gasteiger partial charge in [0.2, 0.25) is 0 Å². The summed E-state index contributed by atoms with van der Waals surface area (Å²) in [4.78, 5) is 31.7. The largest absolute Gasteiger partial charge is 0.462 e. The predicted molar refractivity (Wildman–Crippen MR) is 219 cm³/mol. The highest BCUT2D eigenvalue weighted by atomic mass is 16.7. The molecule has 1 aromatic rings. The fourth-order valence-electron chi connectivity index (χ4n) is 12.8. The second-order valence-electron chi connectivity index (χ2n) is 18.8. The van der Waals surface area contributed by atoms with Crippen LogP contribution in [0.3, 0.4) is 0 Å². The molecule has 3 saturated carbocycles. The molecule has 0 N–H and O–H groups in total. The Hall–Kier alpha value is -1.96. The molecule has 3 saturated heterocycles. The molecule has 7 unspecified atom stereocenters. The minimum atomic E-state index is -0.591. The Balaban J connectivity index is 1.19. The van der Waals surface area contributed by atoms with Crippen molar-refractivity contribution in [1.82, 2.24) is 4.90 Å². The van der Waals surface area contributed by atoms with Crippen LogP contribution in [0.15, 0.2) is 30.3 Å². The van der Waals surface area contributed by atoms with Gasteiger partial charge in [0.15, 0.2) is 12.6 Å². The van der Waals surface area contributed by atoms with Gasteiger partial charge in [-0.25, -0.2) is 0 Å². The fraction of sp³-hybridized carbons (Fsp3) is 0.830. The number of likely N-dealkylation sites (N-methyl/N-ethyl adjacent to an activating group) is 1. The van der Waals surface area contributed by atoms with Crippen molar-refractivity contribution >= 4 is 11.8 Å². The monoisotopic (exact) mass is 812 g/mol. The number of methoxy groups -OCH3 is 3. The minimum absolute atomic E-state index is 0.0270. The van der Waals surface area contributed by atoms with Crippen molar-refractivity contribution in [3.8, 4) is 0 Å². The molecule has 3 aliphatic carbocycles. The van der Waals surface area contributed by atoms with Crippen LogP contribution in [0, 0.1) is 41.4 Å². The topological polar surface area (TPSA) is 111 Å². The Morgan fingerprint density at radius 2 is 1.48 bits per heavy atom. The van der Waals surface area contributed by atoms with Crippen LogP contribution in [0.2, 0.25) is 0 Å². The number of hydrogen-bond acceptors (Lipinski definition) is 11. The van der Waals surface area contributed by atoms with E-state index < -0.39 is 12.4 Å². The van der Waals surface area contributed by atoms with Crippen LogP contribution in [0.1, 0.15) is 110 Å². The van der Waals surface area contributed by atoms with Gasteiger partial charge in [0.05, 0.1) is 24.4 Å². The summed E-state index contributed by atoms with van der Waals surface area (Å²) in [5.74, 6) is 0.458. The first kappa shape index (κ1) is 44.1. The zero-order valence-corrected chi connectivity index (χ0v) is 36.7. The quantitative estimate of drug-likeness (QED) is 0.224. The van der Waals surface area contributed by atoms with Gasteiger partial charge in [0.25, 0.3) is 0 Å². The van der Waals surface area contributed by atoms with Crippen molar-refractivity contribution in [2.75, 3.05) is 35.4 Å². The lowest BCUT2D eigenvalue weighted by Gasteiger charge is -2.44. The van der Waals surface area contributed by atoms with E-state index in [1.807, 2.05) is 6.92 Å². The van der Waals surface area contributed by atoms with Crippen LogP contribution in [-0.4, -0.2) is 120 Å². The van der Waals surface area contributed by atoms with E-state index in [1.54, 1.807) is 21.3 Å². The number of cyclic esters (lactones) is 1. The fourth-order valence-corrected chi connectivity index (χ4v) is 12.8. The molecule has 7 rings (SSSR count). The molecule has 11 nitrogen and oxygen atoms in total. The molecule has 0 spiro atoms. The molecule has 6 aliphatic rings. The first-order chi connectivity index (χ1) is 28.0. The molecule has 326 valence electrons. The van der Waals surface area contributed by atoms with E-state index in [4.69, 9.17) is 37.9 Å². The van der Waals surface area contributed by atoms with Gasteiger partial charge in [0, 0.05) is 45.6 Å². The number of Topliss-reactive ketones (excluding diaryl/α,β-unsaturated/α-hetero) is 1. The van der Waals surface area contributed by atoms with E-state index in [9.17, 15) is 4.79 Å². The Labute approximate surface area is 347 Å². The second kappa shape index (κ2) is 19.4. The number of carbonyl (C=O) groups is 2. The van der Waals surface area contributed by atoms with Gasteiger partial charge < -0.3 is 42.8 Å². The average Bonchev–Trinajstić information content (AvgIpc) is 3.77. The van der Waals surface area contributed by atoms with E-state index in [1.165, 1.54) is 5.56 Å². The van der Waals surface area contributed by atoms with Crippen LogP contribution >= 0.6 is 0 Å². The molecule has 3 heterocycles. The number of ether oxygens (including phenoxy) is 8. The molecule has 1 aromatic carbocycles. The van der Waals surface area contributed by atoms with Gasteiger partial charge in [-0.05, 0) is 133 Å². The molecule has 0 radical (unpaired) electrons. The van der Waals surface area contributed by atoms with Crippen LogP contribution in [0.5, 0.6) is 0 Å². The lowest BCUT2D eigenvalue weighted by atomic mass is 9.64. The number of hydrogen-bond donors (Lipinski definition) is 0. The molecule has 19 atom stereocenters. The van der Waals surface area contributed by atoms with Crippen molar-refractivity contribution < 1.29 is 47.5 Å². The molecule has 0 bridgehead atoms. The zero-order valence-electron chi connectivity index (χ0n) is 36.7. The van der Waals surface area contributed by atoms with Crippen molar-refractivity contribution in [1.29, 1.82) is 0 Å². The summed E-state index contributed by atoms with van der Waals surface area (Å²) in [6.07, 6.45) is 6.28. The Kier molecular flexibility index (Phi) is 14.7. The van der Waals surface area contributed by atoms with Crippen LogP contribution in [0.25, 0.3) is 0 Å². The number of carbonyl (C=O) groups excluding carboxylic acids is 2. The Bertz CT molecular complexity index is 1490. The summed E-state index contributed by atoms with van der Waals surface area (Å²) in [5, 5.41) is 0. The number of ketones is 1. The van der Waals surface area contributed by atoms with Crippen LogP contribution < -0.4 is 0 Å². The molecule has 0 amide bonds. The highest BCUT2D eigenvalue weighted by Gasteiger charge is 2.61. The third-order valence-electron chi connectivity index (χ3n) is 15.5. The summed E-state index contributed by atoms with van der Waals surface area (Å²) in [7, 11) is 9.24. The zero-order chi connectivity index (χ0) is 41.2. The highest BCUT2D eigenvalue weighted by Crippen LogP contribution is 2.64. The first-order valence-corrected chi connectivity index (χ1v) is 22.6. The molecule has 58 heavy (non-hydrogen) atoms. The predicted octanol–water partition coefficient (Wildman–Crippen LogP) is 7.19. The number of benzene rings is 1. The highest BCUT2D eigenvalue weighted by molar-refractivity contribution is 5.86. The van der Waals surface area contributed by atoms with E-state index in [2.05, 4.69) is 70.1 Å². The standard InChI is InChI=1S/C47H73NO10/c1-10-31-17-14-18-37(58-39-22-21-36(48(5)6)27(3)54-39)26(2)43(50)42-35(25-38(49)56-31)33-20-19-30-23-32(24-34(30)41(33)40(42)29-15-12-11-13-16-29)57-47-46(53-9)45(52-8)44(51-7)28(4)55-47/h11-13,15-16,26-28,30-37,39-42,44-47H,10,14,17-25H2,1-9H3/t26-,27?,28?,30?,31+,32-,33?,34-,35+,36+,37+,39+,40?,41-,42?,44+,45?,46+,47+/m1/s1. The van der Waals surface area contributed by atoms with Crippen molar-refractivity contribution in [3.05, 3.63) is 35.9 Å². The third kappa shape index (κ3) is 8.99. The summed E-state index contributed by atoms with van der Waals surface area (Å²) in [5.41, 5.74) is 1.19. The minimum Gasteiger partial charge on any atom is -0.462 e. The van der Waals surface area contributed by atoms with Crippen molar-refractivity contribution in [2.45, 2.75) is 172 Å². The van der Waals surface area contributed by atoms with Crippen molar-refractivity contribution in [2.24, 2.45) is 41.4 Å². The molecule has 6 fully saturated rings. The molecule has 3 aliphatic heterocycles. The maximum Gasteiger partial charge on any atom is 0.306 e. The molecular weight excluding hydrogens is 739 g/mol. The van der Waals surface area contributed by atoms with Gasteiger partial charge in [-0.2, -0.15) is 0 Å². The lowest BCUT2D eigenvalue weighted by molar-refractivity contribution is -0.314. The average molecular weight is 812 g/mol. The number of rotatable bonds is 10. The summed E-state index contributed by atoms with van der Waals surface area (Å²) in [6.45, 7) is 8.31. The van der Waals surface area contributed by atoms with Crippen LogP contribution in [-0.2, 0) is 47.5 Å². The third-order valence-corrected chi connectivity index (χ3v) is 15.5. The normalized spacial score (nSPS) is 45.1. The van der Waals surface area contributed by atoms with Crippen molar-refractivity contribution in [3.63, 3.8) is 0 Å². The number of nitrogens with zero attached hydrogens (tertiary/aromatic N) is 1. The second-order valence-corrected chi connectivity index (χ2v) is 18.8. The van der Waals surface area contributed by atoms with Crippen LogP contribution in [0.4, 0.5) is 0 Å². The summed E-state index contributed by atoms with van der Waals surface area (Å²) in [6, 6.07) is 11.0.